The largest absolute Gasteiger partial charge is 0.306 e. The number of nitrogens with zero attached hydrogens (tertiary/aromatic N) is 3. The summed E-state index contributed by atoms with van der Waals surface area (Å²) in [6, 6.07) is 0. The molecule has 0 fully saturated rings. The van der Waals surface area contributed by atoms with E-state index < -0.39 is 6.43 Å². The molecule has 6 heteroatoms. The molecule has 0 saturated heterocycles. The van der Waals surface area contributed by atoms with E-state index in [0.717, 1.165) is 5.69 Å². The average Bonchev–Trinajstić information content (AvgIpc) is 2.36. The molecule has 1 aromatic rings. The maximum atomic E-state index is 11.7. The number of hydrogen-bond donors (Lipinski definition) is 1. The maximum Gasteiger partial charge on any atom is 0.250 e. The van der Waals surface area contributed by atoms with Gasteiger partial charge in [0.15, 0.2) is 0 Å². The Balaban J connectivity index is 2.29. The van der Waals surface area contributed by atoms with E-state index in [-0.39, 0.29) is 6.54 Å². The summed E-state index contributed by atoms with van der Waals surface area (Å²) >= 11 is 0. The Morgan fingerprint density at radius 3 is 2.92 bits per heavy atom. The fourth-order valence-electron chi connectivity index (χ4n) is 0.780. The summed E-state index contributed by atoms with van der Waals surface area (Å²) in [6.45, 7) is 0.0685. The minimum atomic E-state index is -2.31. The lowest BCUT2D eigenvalue weighted by Crippen LogP contribution is -2.21. The first-order chi connectivity index (χ1) is 5.70. The van der Waals surface area contributed by atoms with Crippen molar-refractivity contribution >= 4 is 0 Å². The van der Waals surface area contributed by atoms with Crippen molar-refractivity contribution in [2.75, 3.05) is 6.54 Å². The van der Waals surface area contributed by atoms with Crippen LogP contribution in [-0.4, -0.2) is 28.0 Å². The highest BCUT2D eigenvalue weighted by atomic mass is 19.3. The van der Waals surface area contributed by atoms with E-state index >= 15 is 0 Å². The van der Waals surface area contributed by atoms with E-state index in [1.54, 1.807) is 17.9 Å². The lowest BCUT2D eigenvalue weighted by Gasteiger charge is -2.02. The Labute approximate surface area is 68.6 Å². The first-order valence-electron chi connectivity index (χ1n) is 3.52. The number of alkyl halides is 2. The normalized spacial score (nSPS) is 11.0. The van der Waals surface area contributed by atoms with Crippen LogP contribution in [0.4, 0.5) is 8.78 Å². The third kappa shape index (κ3) is 2.54. The minimum absolute atomic E-state index is 0.300. The number of aromatic nitrogens is 3. The van der Waals surface area contributed by atoms with Crippen molar-refractivity contribution in [3.05, 3.63) is 11.9 Å². The molecule has 0 aromatic carbocycles. The van der Waals surface area contributed by atoms with E-state index in [4.69, 9.17) is 0 Å². The summed E-state index contributed by atoms with van der Waals surface area (Å²) in [5.41, 5.74) is 0.788. The summed E-state index contributed by atoms with van der Waals surface area (Å²) in [6.07, 6.45) is -0.774. The molecule has 1 aromatic heterocycles. The van der Waals surface area contributed by atoms with Gasteiger partial charge in [-0.1, -0.05) is 5.21 Å². The molecule has 4 nitrogen and oxygen atoms in total. The quantitative estimate of drug-likeness (QED) is 0.711. The van der Waals surface area contributed by atoms with Crippen LogP contribution in [-0.2, 0) is 13.6 Å². The van der Waals surface area contributed by atoms with Crippen molar-refractivity contribution in [1.82, 2.24) is 20.3 Å². The van der Waals surface area contributed by atoms with Crippen molar-refractivity contribution in [1.29, 1.82) is 0 Å². The van der Waals surface area contributed by atoms with Crippen LogP contribution in [0.3, 0.4) is 0 Å². The van der Waals surface area contributed by atoms with Gasteiger partial charge < -0.3 is 5.32 Å². The van der Waals surface area contributed by atoms with E-state index in [2.05, 4.69) is 15.6 Å². The Hall–Kier alpha value is -1.04. The second-order valence-corrected chi connectivity index (χ2v) is 2.37. The standard InChI is InChI=1S/C6H10F2N4/c1-12-5(3-10-11-12)2-9-4-6(7)8/h3,6,9H,2,4H2,1H3. The van der Waals surface area contributed by atoms with Gasteiger partial charge in [0.05, 0.1) is 18.4 Å². The van der Waals surface area contributed by atoms with Crippen molar-refractivity contribution in [2.45, 2.75) is 13.0 Å². The van der Waals surface area contributed by atoms with Gasteiger partial charge in [0.2, 0.25) is 0 Å². The Bertz CT molecular complexity index is 235. The lowest BCUT2D eigenvalue weighted by molar-refractivity contribution is 0.145. The van der Waals surface area contributed by atoms with Crippen molar-refractivity contribution in [3.63, 3.8) is 0 Å². The highest BCUT2D eigenvalue weighted by Crippen LogP contribution is 1.93. The predicted octanol–water partition coefficient (Wildman–Crippen LogP) is 0.170. The molecule has 0 bridgehead atoms. The second-order valence-electron chi connectivity index (χ2n) is 2.37. The zero-order valence-corrected chi connectivity index (χ0v) is 6.67. The average molecular weight is 176 g/mol. The first-order valence-corrected chi connectivity index (χ1v) is 3.52. The van der Waals surface area contributed by atoms with Crippen LogP contribution >= 0.6 is 0 Å². The van der Waals surface area contributed by atoms with Gasteiger partial charge in [0.1, 0.15) is 0 Å². The molecule has 1 heterocycles. The fraction of sp³-hybridized carbons (Fsp3) is 0.667. The zero-order chi connectivity index (χ0) is 8.97. The number of hydrogen-bond acceptors (Lipinski definition) is 3. The summed E-state index contributed by atoms with van der Waals surface area (Å²) in [5, 5.41) is 9.84. The number of nitrogens with one attached hydrogen (secondary N) is 1. The van der Waals surface area contributed by atoms with Crippen LogP contribution in [0.5, 0.6) is 0 Å². The molecule has 12 heavy (non-hydrogen) atoms. The Morgan fingerprint density at radius 2 is 2.42 bits per heavy atom. The number of aryl methyl sites for hydroxylation is 1. The predicted molar refractivity (Wildman–Crippen MR) is 38.7 cm³/mol. The molecule has 0 amide bonds. The smallest absolute Gasteiger partial charge is 0.250 e. The highest BCUT2D eigenvalue weighted by Gasteiger charge is 2.02. The molecule has 1 rings (SSSR count). The molecule has 0 unspecified atom stereocenters. The summed E-state index contributed by atoms with van der Waals surface area (Å²) in [4.78, 5) is 0. The third-order valence-corrected chi connectivity index (χ3v) is 1.41. The van der Waals surface area contributed by atoms with Gasteiger partial charge >= 0.3 is 0 Å². The molecule has 0 atom stereocenters. The Kier molecular flexibility index (Phi) is 3.09. The van der Waals surface area contributed by atoms with Gasteiger partial charge in [0.25, 0.3) is 6.43 Å². The highest BCUT2D eigenvalue weighted by molar-refractivity contribution is 4.91. The van der Waals surface area contributed by atoms with Gasteiger partial charge in [-0.2, -0.15) is 0 Å². The minimum Gasteiger partial charge on any atom is -0.306 e. The molecule has 0 aliphatic carbocycles. The van der Waals surface area contributed by atoms with Crippen LogP contribution in [0.2, 0.25) is 0 Å². The first kappa shape index (κ1) is 9.05. The van der Waals surface area contributed by atoms with E-state index in [1.165, 1.54) is 0 Å². The molecule has 0 spiro atoms. The van der Waals surface area contributed by atoms with Gasteiger partial charge in [-0.25, -0.2) is 8.78 Å². The molecule has 0 aliphatic heterocycles. The molecule has 68 valence electrons. The van der Waals surface area contributed by atoms with Crippen LogP contribution in [0.25, 0.3) is 0 Å². The van der Waals surface area contributed by atoms with Gasteiger partial charge in [-0.05, 0) is 0 Å². The summed E-state index contributed by atoms with van der Waals surface area (Å²) in [5.74, 6) is 0. The summed E-state index contributed by atoms with van der Waals surface area (Å²) in [7, 11) is 1.71. The van der Waals surface area contributed by atoms with Crippen LogP contribution in [0.15, 0.2) is 6.20 Å². The van der Waals surface area contributed by atoms with E-state index in [0.29, 0.717) is 6.54 Å². The monoisotopic (exact) mass is 176 g/mol. The van der Waals surface area contributed by atoms with Gasteiger partial charge in [-0.15, -0.1) is 5.10 Å². The molecule has 0 radical (unpaired) electrons. The van der Waals surface area contributed by atoms with E-state index in [9.17, 15) is 8.78 Å². The molecule has 1 N–H and O–H groups in total. The lowest BCUT2D eigenvalue weighted by atomic mass is 10.4. The van der Waals surface area contributed by atoms with Gasteiger partial charge in [-0.3, -0.25) is 4.68 Å². The van der Waals surface area contributed by atoms with E-state index in [1.807, 2.05) is 0 Å². The van der Waals surface area contributed by atoms with Crippen LogP contribution in [0, 0.1) is 0 Å². The van der Waals surface area contributed by atoms with Crippen molar-refractivity contribution < 1.29 is 8.78 Å². The Morgan fingerprint density at radius 1 is 1.67 bits per heavy atom. The van der Waals surface area contributed by atoms with Crippen LogP contribution in [0.1, 0.15) is 5.69 Å². The number of halogens is 2. The van der Waals surface area contributed by atoms with Crippen molar-refractivity contribution in [3.8, 4) is 0 Å². The second kappa shape index (κ2) is 4.10. The van der Waals surface area contributed by atoms with Crippen molar-refractivity contribution in [2.24, 2.45) is 7.05 Å². The molecule has 0 aliphatic rings. The summed E-state index contributed by atoms with van der Waals surface area (Å²) < 4.78 is 24.9. The molecular formula is C6H10F2N4. The fourth-order valence-corrected chi connectivity index (χ4v) is 0.780. The SMILES string of the molecule is Cn1nncc1CNCC(F)F. The maximum absolute atomic E-state index is 11.7. The molecular weight excluding hydrogens is 166 g/mol. The topological polar surface area (TPSA) is 42.7 Å². The molecule has 0 saturated carbocycles. The van der Waals surface area contributed by atoms with Gasteiger partial charge in [0, 0.05) is 13.6 Å². The van der Waals surface area contributed by atoms with Crippen LogP contribution < -0.4 is 5.32 Å². The number of rotatable bonds is 4. The third-order valence-electron chi connectivity index (χ3n) is 1.41. The zero-order valence-electron chi connectivity index (χ0n) is 6.67.